The molecule has 0 radical (unpaired) electrons. The molecule has 0 saturated heterocycles. The Kier molecular flexibility index (Phi) is 5.23. The van der Waals surface area contributed by atoms with Crippen LogP contribution in [-0.4, -0.2) is 14.2 Å². The van der Waals surface area contributed by atoms with Gasteiger partial charge in [-0.15, -0.1) is 0 Å². The van der Waals surface area contributed by atoms with E-state index >= 15 is 0 Å². The molecule has 1 N–H and O–H groups in total. The summed E-state index contributed by atoms with van der Waals surface area (Å²) in [6.45, 7) is 5.05. The average molecular weight is 285 g/mol. The number of hydrogen-bond donors (Lipinski definition) is 1. The predicted octanol–water partition coefficient (Wildman–Crippen LogP) is 3.86. The number of aryl methyl sites for hydroxylation is 1. The summed E-state index contributed by atoms with van der Waals surface area (Å²) < 4.78 is 10.7. The molecule has 2 aromatic carbocycles. The third-order valence-corrected chi connectivity index (χ3v) is 3.74. The van der Waals surface area contributed by atoms with Gasteiger partial charge < -0.3 is 14.8 Å². The minimum Gasteiger partial charge on any atom is -0.497 e. The first-order valence-electron chi connectivity index (χ1n) is 7.15. The fraction of sp³-hybridized carbons (Fsp3) is 0.333. The highest BCUT2D eigenvalue weighted by atomic mass is 16.5. The number of methoxy groups -OCH3 is 2. The fourth-order valence-electron chi connectivity index (χ4n) is 2.47. The van der Waals surface area contributed by atoms with E-state index in [9.17, 15) is 0 Å². The van der Waals surface area contributed by atoms with Gasteiger partial charge in [0.1, 0.15) is 11.5 Å². The molecule has 0 bridgehead atoms. The largest absolute Gasteiger partial charge is 0.497 e. The van der Waals surface area contributed by atoms with Crippen molar-refractivity contribution in [3.05, 3.63) is 59.2 Å². The molecular weight excluding hydrogens is 262 g/mol. The van der Waals surface area contributed by atoms with Crippen molar-refractivity contribution < 1.29 is 9.47 Å². The van der Waals surface area contributed by atoms with Gasteiger partial charge in [0.05, 0.1) is 14.2 Å². The fourth-order valence-corrected chi connectivity index (χ4v) is 2.47. The quantitative estimate of drug-likeness (QED) is 0.874. The van der Waals surface area contributed by atoms with E-state index in [0.717, 1.165) is 23.6 Å². The van der Waals surface area contributed by atoms with Gasteiger partial charge in [-0.1, -0.05) is 24.3 Å². The summed E-state index contributed by atoms with van der Waals surface area (Å²) in [5.41, 5.74) is 3.71. The Bertz CT molecular complexity index is 596. The first-order valence-corrected chi connectivity index (χ1v) is 7.15. The van der Waals surface area contributed by atoms with Gasteiger partial charge in [-0.3, -0.25) is 0 Å². The van der Waals surface area contributed by atoms with Crippen molar-refractivity contribution in [2.75, 3.05) is 14.2 Å². The van der Waals surface area contributed by atoms with Crippen LogP contribution in [0.1, 0.15) is 29.7 Å². The first kappa shape index (κ1) is 15.4. The molecule has 2 rings (SSSR count). The van der Waals surface area contributed by atoms with Gasteiger partial charge in [0.2, 0.25) is 0 Å². The predicted molar refractivity (Wildman–Crippen MR) is 86.0 cm³/mol. The van der Waals surface area contributed by atoms with Crippen LogP contribution in [0.5, 0.6) is 11.5 Å². The van der Waals surface area contributed by atoms with Crippen LogP contribution in [0.2, 0.25) is 0 Å². The second kappa shape index (κ2) is 7.14. The molecule has 112 valence electrons. The molecule has 0 heterocycles. The summed E-state index contributed by atoms with van der Waals surface area (Å²) in [5.74, 6) is 1.72. The zero-order valence-electron chi connectivity index (χ0n) is 13.1. The Labute approximate surface area is 126 Å². The molecule has 3 nitrogen and oxygen atoms in total. The Morgan fingerprint density at radius 1 is 1.05 bits per heavy atom. The van der Waals surface area contributed by atoms with Crippen LogP contribution in [0.15, 0.2) is 42.5 Å². The summed E-state index contributed by atoms with van der Waals surface area (Å²) in [6, 6.07) is 14.6. The molecule has 0 aliphatic rings. The number of ether oxygens (including phenoxy) is 2. The van der Waals surface area contributed by atoms with Gasteiger partial charge in [-0.05, 0) is 43.2 Å². The lowest BCUT2D eigenvalue weighted by Crippen LogP contribution is -2.19. The molecule has 1 unspecified atom stereocenters. The molecule has 0 fully saturated rings. The second-order valence-electron chi connectivity index (χ2n) is 5.14. The van der Waals surface area contributed by atoms with Crippen LogP contribution in [-0.2, 0) is 6.54 Å². The lowest BCUT2D eigenvalue weighted by Gasteiger charge is -2.18. The van der Waals surface area contributed by atoms with Crippen LogP contribution in [0.25, 0.3) is 0 Å². The SMILES string of the molecule is COc1ccc(OC)c(CNC(C)c2ccccc2C)c1. The summed E-state index contributed by atoms with van der Waals surface area (Å²) in [7, 11) is 3.37. The summed E-state index contributed by atoms with van der Waals surface area (Å²) >= 11 is 0. The third-order valence-electron chi connectivity index (χ3n) is 3.74. The highest BCUT2D eigenvalue weighted by molar-refractivity contribution is 5.40. The zero-order valence-corrected chi connectivity index (χ0v) is 13.1. The first-order chi connectivity index (χ1) is 10.2. The minimum atomic E-state index is 0.280. The van der Waals surface area contributed by atoms with Crippen molar-refractivity contribution in [1.82, 2.24) is 5.32 Å². The lowest BCUT2D eigenvalue weighted by molar-refractivity contribution is 0.395. The number of nitrogens with one attached hydrogen (secondary N) is 1. The molecule has 21 heavy (non-hydrogen) atoms. The minimum absolute atomic E-state index is 0.280. The third kappa shape index (κ3) is 3.76. The van der Waals surface area contributed by atoms with E-state index in [1.54, 1.807) is 14.2 Å². The highest BCUT2D eigenvalue weighted by Crippen LogP contribution is 2.25. The zero-order chi connectivity index (χ0) is 15.2. The second-order valence-corrected chi connectivity index (χ2v) is 5.14. The topological polar surface area (TPSA) is 30.5 Å². The van der Waals surface area contributed by atoms with Gasteiger partial charge in [-0.25, -0.2) is 0 Å². The molecular formula is C18H23NO2. The van der Waals surface area contributed by atoms with E-state index in [0.29, 0.717) is 0 Å². The summed E-state index contributed by atoms with van der Waals surface area (Å²) in [5, 5.41) is 3.55. The molecule has 0 aromatic heterocycles. The number of benzene rings is 2. The smallest absolute Gasteiger partial charge is 0.123 e. The van der Waals surface area contributed by atoms with Gasteiger partial charge >= 0.3 is 0 Å². The molecule has 0 saturated carbocycles. The Hall–Kier alpha value is -2.00. The maximum atomic E-state index is 5.41. The van der Waals surface area contributed by atoms with Gasteiger partial charge in [0.25, 0.3) is 0 Å². The van der Waals surface area contributed by atoms with Crippen molar-refractivity contribution in [2.24, 2.45) is 0 Å². The van der Waals surface area contributed by atoms with Crippen LogP contribution in [0.3, 0.4) is 0 Å². The molecule has 0 aliphatic carbocycles. The molecule has 2 aromatic rings. The van der Waals surface area contributed by atoms with E-state index in [1.807, 2.05) is 18.2 Å². The van der Waals surface area contributed by atoms with E-state index in [1.165, 1.54) is 11.1 Å². The number of rotatable bonds is 6. The van der Waals surface area contributed by atoms with E-state index < -0.39 is 0 Å². The van der Waals surface area contributed by atoms with Crippen molar-refractivity contribution in [1.29, 1.82) is 0 Å². The van der Waals surface area contributed by atoms with Crippen LogP contribution in [0, 0.1) is 6.92 Å². The van der Waals surface area contributed by atoms with Crippen molar-refractivity contribution in [3.8, 4) is 11.5 Å². The molecule has 3 heteroatoms. The Balaban J connectivity index is 2.10. The maximum Gasteiger partial charge on any atom is 0.123 e. The molecule has 1 atom stereocenters. The van der Waals surface area contributed by atoms with Crippen molar-refractivity contribution in [3.63, 3.8) is 0 Å². The van der Waals surface area contributed by atoms with Gasteiger partial charge in [0.15, 0.2) is 0 Å². The van der Waals surface area contributed by atoms with Crippen LogP contribution in [0.4, 0.5) is 0 Å². The van der Waals surface area contributed by atoms with Crippen LogP contribution < -0.4 is 14.8 Å². The standard InChI is InChI=1S/C18H23NO2/c1-13-7-5-6-8-17(13)14(2)19-12-15-11-16(20-3)9-10-18(15)21-4/h5-11,14,19H,12H2,1-4H3. The monoisotopic (exact) mass is 285 g/mol. The lowest BCUT2D eigenvalue weighted by atomic mass is 10.0. The molecule has 0 aliphatic heterocycles. The van der Waals surface area contributed by atoms with E-state index in [4.69, 9.17) is 9.47 Å². The van der Waals surface area contributed by atoms with E-state index in [2.05, 4.69) is 43.4 Å². The average Bonchev–Trinajstić information content (AvgIpc) is 2.52. The van der Waals surface area contributed by atoms with E-state index in [-0.39, 0.29) is 6.04 Å². The van der Waals surface area contributed by atoms with Crippen LogP contribution >= 0.6 is 0 Å². The van der Waals surface area contributed by atoms with Gasteiger partial charge in [0, 0.05) is 18.2 Å². The normalized spacial score (nSPS) is 12.0. The van der Waals surface area contributed by atoms with Crippen molar-refractivity contribution in [2.45, 2.75) is 26.4 Å². The maximum absolute atomic E-state index is 5.41. The summed E-state index contributed by atoms with van der Waals surface area (Å²) in [6.07, 6.45) is 0. The highest BCUT2D eigenvalue weighted by Gasteiger charge is 2.10. The molecule has 0 spiro atoms. The van der Waals surface area contributed by atoms with Crippen molar-refractivity contribution >= 4 is 0 Å². The Morgan fingerprint density at radius 3 is 2.48 bits per heavy atom. The van der Waals surface area contributed by atoms with Gasteiger partial charge in [-0.2, -0.15) is 0 Å². The summed E-state index contributed by atoms with van der Waals surface area (Å²) in [4.78, 5) is 0. The number of hydrogen-bond acceptors (Lipinski definition) is 3. The molecule has 0 amide bonds. The Morgan fingerprint density at radius 2 is 1.81 bits per heavy atom.